The maximum atomic E-state index is 14.7. The molecule has 1 saturated carbocycles. The molecule has 15 heteroatoms. The molecule has 42 heavy (non-hydrogen) atoms. The van der Waals surface area contributed by atoms with Gasteiger partial charge in [-0.1, -0.05) is 11.6 Å². The molecule has 6 rings (SSSR count). The number of aryl methyl sites for hydroxylation is 1. The van der Waals surface area contributed by atoms with Crippen LogP contribution in [-0.2, 0) is 11.0 Å². The van der Waals surface area contributed by atoms with E-state index in [4.69, 9.17) is 11.6 Å². The molecule has 2 amide bonds. The van der Waals surface area contributed by atoms with E-state index in [2.05, 4.69) is 30.4 Å². The van der Waals surface area contributed by atoms with Gasteiger partial charge in [-0.25, -0.2) is 14.4 Å². The highest BCUT2D eigenvalue weighted by Crippen LogP contribution is 2.47. The Balaban J connectivity index is 1.19. The Kier molecular flexibility index (Phi) is 6.67. The zero-order valence-electron chi connectivity index (χ0n) is 22.0. The molecule has 1 aliphatic heterocycles. The average Bonchev–Trinajstić information content (AvgIpc) is 3.45. The van der Waals surface area contributed by atoms with Gasteiger partial charge in [0.25, 0.3) is 5.91 Å². The van der Waals surface area contributed by atoms with E-state index in [1.807, 2.05) is 6.92 Å². The Morgan fingerprint density at radius 2 is 1.95 bits per heavy atom. The fourth-order valence-electron chi connectivity index (χ4n) is 5.00. The SMILES string of the molecule is Cc1nc(C(C)n2cc(NC(=O)c3cncc(-c4c(C(F)(F)F)ccc(Cl)c4F)n3)cn2)cnc1N1C[C@H]2C[C@H]2C1=O. The first-order valence-electron chi connectivity index (χ1n) is 12.8. The molecule has 1 saturated heterocycles. The van der Waals surface area contributed by atoms with Crippen LogP contribution >= 0.6 is 11.6 Å². The number of alkyl halides is 3. The highest BCUT2D eigenvalue weighted by Gasteiger charge is 2.53. The number of nitrogens with one attached hydrogen (secondary N) is 1. The minimum Gasteiger partial charge on any atom is -0.318 e. The molecule has 4 heterocycles. The van der Waals surface area contributed by atoms with Crippen LogP contribution in [0.4, 0.5) is 29.1 Å². The summed E-state index contributed by atoms with van der Waals surface area (Å²) in [7, 11) is 0. The molecule has 2 fully saturated rings. The summed E-state index contributed by atoms with van der Waals surface area (Å²) in [5, 5.41) is 6.29. The summed E-state index contributed by atoms with van der Waals surface area (Å²) < 4.78 is 56.9. The van der Waals surface area contributed by atoms with Crippen LogP contribution in [0.2, 0.25) is 5.02 Å². The molecular formula is C27H21ClF4N8O2. The Hall–Kier alpha value is -4.46. The third kappa shape index (κ3) is 4.95. The third-order valence-corrected chi connectivity index (χ3v) is 7.62. The Labute approximate surface area is 240 Å². The van der Waals surface area contributed by atoms with Crippen LogP contribution in [0, 0.1) is 24.6 Å². The molecule has 1 N–H and O–H groups in total. The average molecular weight is 601 g/mol. The largest absolute Gasteiger partial charge is 0.417 e. The number of carbonyl (C=O) groups excluding carboxylic acids is 2. The van der Waals surface area contributed by atoms with Crippen LogP contribution in [-0.4, -0.2) is 48.1 Å². The zero-order valence-corrected chi connectivity index (χ0v) is 22.8. The molecule has 4 aromatic rings. The van der Waals surface area contributed by atoms with Gasteiger partial charge in [-0.15, -0.1) is 0 Å². The van der Waals surface area contributed by atoms with Crippen molar-refractivity contribution >= 4 is 34.9 Å². The predicted molar refractivity (Wildman–Crippen MR) is 142 cm³/mol. The van der Waals surface area contributed by atoms with Crippen molar-refractivity contribution in [3.05, 3.63) is 76.6 Å². The number of benzene rings is 1. The normalized spacial score (nSPS) is 18.6. The second-order valence-corrected chi connectivity index (χ2v) is 10.6. The molecule has 1 aliphatic carbocycles. The lowest BCUT2D eigenvalue weighted by molar-refractivity contribution is -0.137. The van der Waals surface area contributed by atoms with Crippen LogP contribution < -0.4 is 10.2 Å². The van der Waals surface area contributed by atoms with E-state index in [1.54, 1.807) is 18.0 Å². The van der Waals surface area contributed by atoms with E-state index in [0.717, 1.165) is 24.9 Å². The number of carbonyl (C=O) groups is 2. The number of anilines is 2. The summed E-state index contributed by atoms with van der Waals surface area (Å²) in [6.45, 7) is 4.26. The Bertz CT molecular complexity index is 1740. The minimum atomic E-state index is -4.90. The molecule has 1 aromatic carbocycles. The van der Waals surface area contributed by atoms with Crippen molar-refractivity contribution in [2.45, 2.75) is 32.5 Å². The van der Waals surface area contributed by atoms with E-state index < -0.39 is 45.8 Å². The summed E-state index contributed by atoms with van der Waals surface area (Å²) >= 11 is 5.72. The van der Waals surface area contributed by atoms with E-state index >= 15 is 0 Å². The lowest BCUT2D eigenvalue weighted by Crippen LogP contribution is -2.30. The fourth-order valence-corrected chi connectivity index (χ4v) is 5.16. The lowest BCUT2D eigenvalue weighted by Gasteiger charge is -2.20. The maximum Gasteiger partial charge on any atom is 0.417 e. The first-order valence-corrected chi connectivity index (χ1v) is 13.2. The molecule has 1 unspecified atom stereocenters. The van der Waals surface area contributed by atoms with Gasteiger partial charge in [0.2, 0.25) is 5.91 Å². The van der Waals surface area contributed by atoms with Crippen molar-refractivity contribution in [1.29, 1.82) is 0 Å². The molecule has 10 nitrogen and oxygen atoms in total. The second-order valence-electron chi connectivity index (χ2n) is 10.2. The van der Waals surface area contributed by atoms with Gasteiger partial charge >= 0.3 is 6.18 Å². The van der Waals surface area contributed by atoms with E-state index in [9.17, 15) is 27.2 Å². The number of aromatic nitrogens is 6. The topological polar surface area (TPSA) is 119 Å². The van der Waals surface area contributed by atoms with Gasteiger partial charge in [-0.05, 0) is 38.3 Å². The van der Waals surface area contributed by atoms with Gasteiger partial charge in [0.15, 0.2) is 11.6 Å². The number of nitrogens with zero attached hydrogens (tertiary/aromatic N) is 7. The van der Waals surface area contributed by atoms with Crippen molar-refractivity contribution in [1.82, 2.24) is 29.7 Å². The molecule has 2 aliphatic rings. The number of piperidine rings is 1. The summed E-state index contributed by atoms with van der Waals surface area (Å²) in [5.41, 5.74) is -1.63. The van der Waals surface area contributed by atoms with Crippen LogP contribution in [0.15, 0.2) is 43.1 Å². The van der Waals surface area contributed by atoms with E-state index in [0.29, 0.717) is 35.7 Å². The number of halogens is 5. The van der Waals surface area contributed by atoms with Crippen LogP contribution in [0.3, 0.4) is 0 Å². The monoisotopic (exact) mass is 600 g/mol. The molecule has 3 atom stereocenters. The first kappa shape index (κ1) is 27.7. The fraction of sp³-hybridized carbons (Fsp3) is 0.296. The van der Waals surface area contributed by atoms with Crippen LogP contribution in [0.25, 0.3) is 11.3 Å². The lowest BCUT2D eigenvalue weighted by atomic mass is 10.0. The predicted octanol–water partition coefficient (Wildman–Crippen LogP) is 5.09. The van der Waals surface area contributed by atoms with Crippen LogP contribution in [0.1, 0.15) is 46.8 Å². The molecular weight excluding hydrogens is 580 g/mol. The summed E-state index contributed by atoms with van der Waals surface area (Å²) in [6, 6.07) is 1.04. The Morgan fingerprint density at radius 3 is 2.64 bits per heavy atom. The Morgan fingerprint density at radius 1 is 1.17 bits per heavy atom. The number of amides is 2. The summed E-state index contributed by atoms with van der Waals surface area (Å²) in [4.78, 5) is 43.8. The standard InChI is InChI=1S/C27H21ClF4N8O2/c1-12-24(39-10-14-5-16(14)26(39)42)34-9-19(36-12)13(2)40-11-15(6-35-40)37-25(41)21-8-33-7-20(38-21)22-17(27(30,31)32)3-4-18(28)23(22)29/h3-4,6-9,11,13-14,16H,5,10H2,1-2H3,(H,37,41)/t13?,14-,16-/m1/s1. The van der Waals surface area contributed by atoms with Crippen molar-refractivity contribution in [2.75, 3.05) is 16.8 Å². The highest BCUT2D eigenvalue weighted by molar-refractivity contribution is 6.31. The second kappa shape index (κ2) is 10.1. The van der Waals surface area contributed by atoms with Crippen LogP contribution in [0.5, 0.6) is 0 Å². The number of hydrogen-bond donors (Lipinski definition) is 1. The molecule has 0 bridgehead atoms. The van der Waals surface area contributed by atoms with Crippen molar-refractivity contribution in [3.63, 3.8) is 0 Å². The highest BCUT2D eigenvalue weighted by atomic mass is 35.5. The summed E-state index contributed by atoms with van der Waals surface area (Å²) in [6.07, 6.45) is 2.46. The van der Waals surface area contributed by atoms with Gasteiger partial charge in [0.05, 0.1) is 69.7 Å². The van der Waals surface area contributed by atoms with Gasteiger partial charge in [0, 0.05) is 18.7 Å². The number of fused-ring (bicyclic) bond motifs is 1. The van der Waals surface area contributed by atoms with E-state index in [-0.39, 0.29) is 23.2 Å². The van der Waals surface area contributed by atoms with Gasteiger partial charge in [0.1, 0.15) is 5.69 Å². The van der Waals surface area contributed by atoms with Crippen molar-refractivity contribution in [2.24, 2.45) is 11.8 Å². The first-order chi connectivity index (χ1) is 19.9. The summed E-state index contributed by atoms with van der Waals surface area (Å²) in [5.74, 6) is -1.01. The quantitative estimate of drug-likeness (QED) is 0.306. The minimum absolute atomic E-state index is 0.0828. The van der Waals surface area contributed by atoms with Crippen molar-refractivity contribution < 1.29 is 27.2 Å². The number of hydrogen-bond acceptors (Lipinski definition) is 7. The van der Waals surface area contributed by atoms with Gasteiger partial charge in [-0.2, -0.15) is 18.3 Å². The van der Waals surface area contributed by atoms with Gasteiger partial charge < -0.3 is 5.32 Å². The van der Waals surface area contributed by atoms with Crippen molar-refractivity contribution in [3.8, 4) is 11.3 Å². The molecule has 0 spiro atoms. The number of rotatable bonds is 6. The molecule has 0 radical (unpaired) electrons. The maximum absolute atomic E-state index is 14.7. The molecule has 3 aromatic heterocycles. The van der Waals surface area contributed by atoms with Gasteiger partial charge in [-0.3, -0.25) is 29.1 Å². The van der Waals surface area contributed by atoms with E-state index in [1.165, 1.54) is 17.1 Å². The zero-order chi connectivity index (χ0) is 29.9. The smallest absolute Gasteiger partial charge is 0.318 e. The third-order valence-electron chi connectivity index (χ3n) is 7.33. The molecule has 216 valence electrons.